The van der Waals surface area contributed by atoms with Crippen LogP contribution in [-0.4, -0.2) is 57.7 Å². The van der Waals surface area contributed by atoms with E-state index >= 15 is 0 Å². The Kier molecular flexibility index (Phi) is 13.6. The van der Waals surface area contributed by atoms with E-state index in [2.05, 4.69) is 0 Å². The van der Waals surface area contributed by atoms with E-state index in [9.17, 15) is 28.8 Å². The van der Waals surface area contributed by atoms with Crippen LogP contribution in [0.3, 0.4) is 0 Å². The summed E-state index contributed by atoms with van der Waals surface area (Å²) in [7, 11) is 2.13. The summed E-state index contributed by atoms with van der Waals surface area (Å²) in [5.74, 6) is -8.25. The Bertz CT molecular complexity index is 2390. The molecule has 0 aliphatic rings. The molecule has 0 radical (unpaired) electrons. The average Bonchev–Trinajstić information content (AvgIpc) is 3.79. The van der Waals surface area contributed by atoms with Crippen LogP contribution >= 0.6 is 21.6 Å². The van der Waals surface area contributed by atoms with Crippen molar-refractivity contribution in [2.75, 3.05) is 13.2 Å². The third kappa shape index (κ3) is 8.99. The highest BCUT2D eigenvalue weighted by atomic mass is 33.1. The van der Waals surface area contributed by atoms with Gasteiger partial charge in [-0.2, -0.15) is 0 Å². The first-order valence-corrected chi connectivity index (χ1v) is 21.1. The van der Waals surface area contributed by atoms with Gasteiger partial charge in [-0.25, -0.2) is 0 Å². The zero-order valence-electron chi connectivity index (χ0n) is 33.2. The van der Waals surface area contributed by atoms with Gasteiger partial charge in [0.15, 0.2) is 23.4 Å². The maximum absolute atomic E-state index is 14.8. The number of rotatable bonds is 17. The zero-order valence-corrected chi connectivity index (χ0v) is 34.9. The molecule has 2 unspecified atom stereocenters. The van der Waals surface area contributed by atoms with Gasteiger partial charge in [-0.15, -0.1) is 0 Å². The second kappa shape index (κ2) is 19.0. The van der Waals surface area contributed by atoms with Gasteiger partial charge >= 0.3 is 11.9 Å². The van der Waals surface area contributed by atoms with Crippen molar-refractivity contribution in [2.45, 2.75) is 49.6 Å². The summed E-state index contributed by atoms with van der Waals surface area (Å²) in [4.78, 5) is 83.0. The molecule has 12 nitrogen and oxygen atoms in total. The summed E-state index contributed by atoms with van der Waals surface area (Å²) in [5.41, 5.74) is 15.5. The number of ketones is 2. The van der Waals surface area contributed by atoms with Crippen molar-refractivity contribution in [3.05, 3.63) is 166 Å². The number of ether oxygens (including phenoxy) is 2. The van der Waals surface area contributed by atoms with Gasteiger partial charge in [0, 0.05) is 46.0 Å². The van der Waals surface area contributed by atoms with Gasteiger partial charge in [-0.1, -0.05) is 96.1 Å². The standard InChI is InChI=1S/C46H42N4O8S2/c1-5-57-45(55)37(41(47)53)33-25-49(31-21-17-27(3)18-22-31)43(35(33)39(51)29-13-9-7-10-14-29)59-60-44-36(40(52)30-15-11-8-12-16-30)34(38(42(48)54)46(56)58-6-2)26-50(44)32-23-19-28(4)20-24-32/h7-26,37-38H,5-6H2,1-4H3,(H2,47,53)(H2,48,54). The van der Waals surface area contributed by atoms with E-state index in [1.165, 1.54) is 12.4 Å². The molecule has 2 amide bonds. The Morgan fingerprint density at radius 1 is 0.533 bits per heavy atom. The number of amides is 2. The van der Waals surface area contributed by atoms with Crippen molar-refractivity contribution in [3.8, 4) is 11.4 Å². The number of primary amides is 2. The zero-order chi connectivity index (χ0) is 43.1. The molecule has 0 saturated heterocycles. The lowest BCUT2D eigenvalue weighted by atomic mass is 9.93. The van der Waals surface area contributed by atoms with Gasteiger partial charge in [0.25, 0.3) is 0 Å². The van der Waals surface area contributed by atoms with Crippen LogP contribution in [0.2, 0.25) is 0 Å². The minimum absolute atomic E-state index is 0.00210. The molecule has 0 spiro atoms. The van der Waals surface area contributed by atoms with E-state index in [1.807, 2.05) is 62.4 Å². The number of hydrogen-bond donors (Lipinski definition) is 2. The van der Waals surface area contributed by atoms with Crippen molar-refractivity contribution < 1.29 is 38.2 Å². The van der Waals surface area contributed by atoms with Crippen LogP contribution in [0.25, 0.3) is 11.4 Å². The van der Waals surface area contributed by atoms with Crippen LogP contribution in [0.5, 0.6) is 0 Å². The van der Waals surface area contributed by atoms with Crippen molar-refractivity contribution in [3.63, 3.8) is 0 Å². The molecule has 0 saturated carbocycles. The Morgan fingerprint density at radius 2 is 0.867 bits per heavy atom. The maximum Gasteiger partial charge on any atom is 0.323 e. The smallest absolute Gasteiger partial charge is 0.323 e. The van der Waals surface area contributed by atoms with Crippen LogP contribution in [-0.2, 0) is 28.7 Å². The summed E-state index contributed by atoms with van der Waals surface area (Å²) < 4.78 is 14.0. The Morgan fingerprint density at radius 3 is 1.17 bits per heavy atom. The maximum atomic E-state index is 14.8. The molecule has 0 bridgehead atoms. The number of carbonyl (C=O) groups excluding carboxylic acids is 6. The predicted molar refractivity (Wildman–Crippen MR) is 230 cm³/mol. The van der Waals surface area contributed by atoms with Crippen LogP contribution in [0.1, 0.15) is 79.8 Å². The number of aromatic nitrogens is 2. The Labute approximate surface area is 354 Å². The third-order valence-electron chi connectivity index (χ3n) is 9.56. The van der Waals surface area contributed by atoms with E-state index in [1.54, 1.807) is 83.6 Å². The van der Waals surface area contributed by atoms with Gasteiger partial charge in [-0.3, -0.25) is 28.8 Å². The van der Waals surface area contributed by atoms with Crippen molar-refractivity contribution in [1.29, 1.82) is 0 Å². The molecule has 0 fully saturated rings. The molecule has 14 heteroatoms. The van der Waals surface area contributed by atoms with E-state index in [-0.39, 0.29) is 56.6 Å². The van der Waals surface area contributed by atoms with Gasteiger partial charge in [0.1, 0.15) is 10.1 Å². The molecule has 6 rings (SSSR count). The SMILES string of the molecule is CCOC(=O)C(C(N)=O)c1cn(-c2ccc(C)cc2)c(SSc2c(C(=O)c3ccccc3)c(C(C(N)=O)C(=O)OCC)cn2-c2ccc(C)cc2)c1C(=O)c1ccccc1. The normalized spacial score (nSPS) is 12.0. The topological polar surface area (TPSA) is 183 Å². The minimum Gasteiger partial charge on any atom is -0.465 e. The van der Waals surface area contributed by atoms with Crippen molar-refractivity contribution >= 4 is 56.9 Å². The molecule has 0 aliphatic carbocycles. The van der Waals surface area contributed by atoms with Crippen LogP contribution in [0, 0.1) is 13.8 Å². The number of aryl methyl sites for hydroxylation is 2. The van der Waals surface area contributed by atoms with E-state index < -0.39 is 47.2 Å². The highest BCUT2D eigenvalue weighted by Crippen LogP contribution is 2.48. The fourth-order valence-corrected chi connectivity index (χ4v) is 9.33. The summed E-state index contributed by atoms with van der Waals surface area (Å²) in [6, 6.07) is 31.5. The van der Waals surface area contributed by atoms with E-state index in [0.717, 1.165) is 32.7 Å². The number of carbonyl (C=O) groups is 6. The summed E-state index contributed by atoms with van der Waals surface area (Å²) in [6.45, 7) is 6.94. The summed E-state index contributed by atoms with van der Waals surface area (Å²) in [5, 5.41) is 0.549. The van der Waals surface area contributed by atoms with Gasteiger partial charge < -0.3 is 30.1 Å². The minimum atomic E-state index is -1.66. The molecule has 4 N–H and O–H groups in total. The number of hydrogen-bond acceptors (Lipinski definition) is 10. The average molecular weight is 843 g/mol. The first kappa shape index (κ1) is 43.0. The molecule has 0 aliphatic heterocycles. The fourth-order valence-electron chi connectivity index (χ4n) is 6.66. The van der Waals surface area contributed by atoms with Crippen molar-refractivity contribution in [1.82, 2.24) is 9.13 Å². The van der Waals surface area contributed by atoms with Crippen LogP contribution < -0.4 is 11.5 Å². The highest BCUT2D eigenvalue weighted by molar-refractivity contribution is 8.76. The van der Waals surface area contributed by atoms with Gasteiger partial charge in [0.2, 0.25) is 11.8 Å². The third-order valence-corrected chi connectivity index (χ3v) is 12.0. The second-order valence-corrected chi connectivity index (χ2v) is 15.8. The Balaban J connectivity index is 1.67. The lowest BCUT2D eigenvalue weighted by molar-refractivity contribution is -0.149. The van der Waals surface area contributed by atoms with Gasteiger partial charge in [0.05, 0.1) is 24.3 Å². The summed E-state index contributed by atoms with van der Waals surface area (Å²) >= 11 is 0. The lowest BCUT2D eigenvalue weighted by Crippen LogP contribution is -2.30. The first-order valence-electron chi connectivity index (χ1n) is 19.0. The number of nitrogens with zero attached hydrogens (tertiary/aromatic N) is 2. The number of nitrogens with two attached hydrogens (primary N) is 2. The van der Waals surface area contributed by atoms with Crippen molar-refractivity contribution in [2.24, 2.45) is 11.5 Å². The molecule has 306 valence electrons. The van der Waals surface area contributed by atoms with Crippen LogP contribution in [0.15, 0.2) is 132 Å². The largest absolute Gasteiger partial charge is 0.465 e. The molecule has 60 heavy (non-hydrogen) atoms. The van der Waals surface area contributed by atoms with Gasteiger partial charge in [-0.05, 0) is 73.5 Å². The quantitative estimate of drug-likeness (QED) is 0.0406. The molecule has 2 heterocycles. The molecule has 4 aromatic carbocycles. The molecule has 2 aromatic heterocycles. The van der Waals surface area contributed by atoms with E-state index in [4.69, 9.17) is 20.9 Å². The molecule has 6 aromatic rings. The fraction of sp³-hybridized carbons (Fsp3) is 0.174. The second-order valence-electron chi connectivity index (χ2n) is 13.7. The first-order chi connectivity index (χ1) is 28.9. The van der Waals surface area contributed by atoms with Crippen LogP contribution in [0.4, 0.5) is 0 Å². The number of esters is 2. The summed E-state index contributed by atoms with van der Waals surface area (Å²) in [6.07, 6.45) is 3.06. The lowest BCUT2D eigenvalue weighted by Gasteiger charge is -2.16. The highest BCUT2D eigenvalue weighted by Gasteiger charge is 2.39. The van der Waals surface area contributed by atoms with E-state index in [0.29, 0.717) is 11.4 Å². The number of benzene rings is 4. The predicted octanol–water partition coefficient (Wildman–Crippen LogP) is 7.41. The monoisotopic (exact) mass is 842 g/mol. The molecular formula is C46H42N4O8S2. The Hall–Kier alpha value is -6.64. The molecular weight excluding hydrogens is 801 g/mol. The molecule has 2 atom stereocenters.